The number of para-hydroxylation sites is 1. The molecule has 8 nitrogen and oxygen atoms in total. The number of carboxylic acid groups (broad SMARTS) is 1. The lowest BCUT2D eigenvalue weighted by Crippen LogP contribution is -2.24. The first-order chi connectivity index (χ1) is 15.8. The van der Waals surface area contributed by atoms with E-state index in [0.717, 1.165) is 11.1 Å². The van der Waals surface area contributed by atoms with Gasteiger partial charge in [-0.1, -0.05) is 30.3 Å². The van der Waals surface area contributed by atoms with Crippen LogP contribution in [0.2, 0.25) is 0 Å². The van der Waals surface area contributed by atoms with Crippen molar-refractivity contribution in [2.45, 2.75) is 20.8 Å². The molecule has 0 aliphatic carbocycles. The number of aromatic nitrogens is 3. The number of carboxylic acids is 1. The van der Waals surface area contributed by atoms with Gasteiger partial charge in [0, 0.05) is 5.56 Å². The van der Waals surface area contributed by atoms with E-state index in [2.05, 4.69) is 10.1 Å². The summed E-state index contributed by atoms with van der Waals surface area (Å²) in [6.07, 6.45) is 1.31. The Balaban J connectivity index is 1.71. The minimum Gasteiger partial charge on any atom is -0.505 e. The Morgan fingerprint density at radius 2 is 1.76 bits per heavy atom. The van der Waals surface area contributed by atoms with E-state index >= 15 is 0 Å². The highest BCUT2D eigenvalue weighted by molar-refractivity contribution is 5.90. The molecule has 2 N–H and O–H groups in total. The lowest BCUT2D eigenvalue weighted by molar-refractivity contribution is 0.0697. The Morgan fingerprint density at radius 3 is 2.48 bits per heavy atom. The Labute approximate surface area is 189 Å². The van der Waals surface area contributed by atoms with Crippen molar-refractivity contribution in [3.63, 3.8) is 0 Å². The molecule has 8 heteroatoms. The molecule has 0 atom stereocenters. The Morgan fingerprint density at radius 1 is 1.00 bits per heavy atom. The highest BCUT2D eigenvalue weighted by atomic mass is 16.4. The third-order valence-corrected chi connectivity index (χ3v) is 5.46. The van der Waals surface area contributed by atoms with E-state index in [9.17, 15) is 19.8 Å². The first kappa shape index (κ1) is 21.8. The zero-order chi connectivity index (χ0) is 23.7. The summed E-state index contributed by atoms with van der Waals surface area (Å²) in [7, 11) is 0. The second kappa shape index (κ2) is 8.58. The van der Waals surface area contributed by atoms with Crippen molar-refractivity contribution in [2.75, 3.05) is 0 Å². The third kappa shape index (κ3) is 4.18. The summed E-state index contributed by atoms with van der Waals surface area (Å²) in [5.41, 5.74) is 3.76. The van der Waals surface area contributed by atoms with Crippen LogP contribution in [0, 0.1) is 20.8 Å². The van der Waals surface area contributed by atoms with Crippen molar-refractivity contribution in [3.05, 3.63) is 93.7 Å². The molecule has 0 fully saturated rings. The Hall–Kier alpha value is -4.46. The zero-order valence-corrected chi connectivity index (χ0v) is 18.4. The van der Waals surface area contributed by atoms with Crippen molar-refractivity contribution < 1.29 is 15.0 Å². The van der Waals surface area contributed by atoms with Crippen LogP contribution >= 0.6 is 0 Å². The first-order valence-corrected chi connectivity index (χ1v) is 10.2. The maximum absolute atomic E-state index is 12.9. The lowest BCUT2D eigenvalue weighted by Gasteiger charge is -2.08. The number of hydrogen-bond donors (Lipinski definition) is 2. The normalized spacial score (nSPS) is 11.2. The number of phenols is 1. The number of aromatic hydroxyl groups is 1. The van der Waals surface area contributed by atoms with Gasteiger partial charge in [-0.3, -0.25) is 0 Å². The minimum atomic E-state index is -1.05. The average molecular weight is 442 g/mol. The molecule has 4 aromatic rings. The smallest absolute Gasteiger partial charge is 0.356 e. The molecule has 1 aromatic heterocycles. The van der Waals surface area contributed by atoms with Crippen LogP contribution in [0.15, 0.2) is 70.5 Å². The Kier molecular flexibility index (Phi) is 5.66. The monoisotopic (exact) mass is 442 g/mol. The van der Waals surface area contributed by atoms with Crippen LogP contribution in [-0.4, -0.2) is 36.9 Å². The lowest BCUT2D eigenvalue weighted by atomic mass is 10.0. The van der Waals surface area contributed by atoms with Gasteiger partial charge in [0.05, 0.1) is 11.3 Å². The number of carbonyl (C=O) groups is 1. The summed E-state index contributed by atoms with van der Waals surface area (Å²) in [5, 5.41) is 24.3. The largest absolute Gasteiger partial charge is 0.505 e. The molecule has 0 radical (unpaired) electrons. The van der Waals surface area contributed by atoms with Gasteiger partial charge in [-0.25, -0.2) is 19.1 Å². The van der Waals surface area contributed by atoms with Gasteiger partial charge >= 0.3 is 11.7 Å². The van der Waals surface area contributed by atoms with E-state index in [1.807, 2.05) is 32.0 Å². The summed E-state index contributed by atoms with van der Waals surface area (Å²) in [6, 6.07) is 16.9. The molecule has 33 heavy (non-hydrogen) atoms. The highest BCUT2D eigenvalue weighted by Crippen LogP contribution is 2.37. The predicted molar refractivity (Wildman–Crippen MR) is 126 cm³/mol. The van der Waals surface area contributed by atoms with Crippen LogP contribution in [0.5, 0.6) is 5.75 Å². The molecule has 0 bridgehead atoms. The van der Waals surface area contributed by atoms with Crippen LogP contribution < -0.4 is 5.69 Å². The van der Waals surface area contributed by atoms with Gasteiger partial charge in [0.25, 0.3) is 0 Å². The number of aliphatic imine (C=N–C) groups is 1. The van der Waals surface area contributed by atoms with Gasteiger partial charge in [0.2, 0.25) is 0 Å². The highest BCUT2D eigenvalue weighted by Gasteiger charge is 2.13. The predicted octanol–water partition coefficient (Wildman–Crippen LogP) is 4.24. The van der Waals surface area contributed by atoms with Gasteiger partial charge in [0.15, 0.2) is 0 Å². The molecular formula is C25H22N4O4. The van der Waals surface area contributed by atoms with Crippen molar-refractivity contribution >= 4 is 18.0 Å². The second-order valence-electron chi connectivity index (χ2n) is 7.68. The topological polar surface area (TPSA) is 110 Å². The van der Waals surface area contributed by atoms with Crippen LogP contribution in [0.4, 0.5) is 5.69 Å². The number of rotatable bonds is 5. The fourth-order valence-corrected chi connectivity index (χ4v) is 3.44. The van der Waals surface area contributed by atoms with E-state index in [1.54, 1.807) is 37.3 Å². The zero-order valence-electron chi connectivity index (χ0n) is 18.4. The maximum Gasteiger partial charge on any atom is 0.356 e. The second-order valence-corrected chi connectivity index (χ2v) is 7.68. The molecule has 0 amide bonds. The van der Waals surface area contributed by atoms with Gasteiger partial charge in [0.1, 0.15) is 23.6 Å². The van der Waals surface area contributed by atoms with Crippen molar-refractivity contribution in [1.29, 1.82) is 0 Å². The average Bonchev–Trinajstić information content (AvgIpc) is 3.08. The molecule has 166 valence electrons. The summed E-state index contributed by atoms with van der Waals surface area (Å²) >= 11 is 0. The SMILES string of the molecule is Cc1ccc(-n2nc(C)n(C=Nc3cccc(-c4cccc(C(=O)O)c4)c3O)c2=O)cc1C. The number of aryl methyl sites for hydroxylation is 3. The van der Waals surface area contributed by atoms with Gasteiger partial charge in [-0.15, -0.1) is 5.10 Å². The molecule has 0 saturated carbocycles. The number of phenolic OH excluding ortho intramolecular Hbond substituents is 1. The van der Waals surface area contributed by atoms with Gasteiger partial charge < -0.3 is 10.2 Å². The number of benzene rings is 3. The van der Waals surface area contributed by atoms with Crippen LogP contribution in [0.25, 0.3) is 16.8 Å². The van der Waals surface area contributed by atoms with E-state index in [1.165, 1.54) is 27.7 Å². The summed E-state index contributed by atoms with van der Waals surface area (Å²) in [4.78, 5) is 28.5. The summed E-state index contributed by atoms with van der Waals surface area (Å²) < 4.78 is 2.60. The third-order valence-electron chi connectivity index (χ3n) is 5.46. The van der Waals surface area contributed by atoms with Crippen molar-refractivity contribution in [1.82, 2.24) is 14.3 Å². The molecule has 1 heterocycles. The summed E-state index contributed by atoms with van der Waals surface area (Å²) in [6.45, 7) is 5.66. The molecule has 3 aromatic carbocycles. The van der Waals surface area contributed by atoms with E-state index in [0.29, 0.717) is 22.6 Å². The van der Waals surface area contributed by atoms with Gasteiger partial charge in [-0.05, 0) is 67.8 Å². The van der Waals surface area contributed by atoms with Crippen LogP contribution in [-0.2, 0) is 0 Å². The molecule has 0 spiro atoms. The molecule has 0 aliphatic rings. The maximum atomic E-state index is 12.9. The quantitative estimate of drug-likeness (QED) is 0.355. The molecule has 0 unspecified atom stereocenters. The van der Waals surface area contributed by atoms with E-state index in [4.69, 9.17) is 0 Å². The van der Waals surface area contributed by atoms with Crippen LogP contribution in [0.3, 0.4) is 0 Å². The number of hydrogen-bond acceptors (Lipinski definition) is 5. The van der Waals surface area contributed by atoms with E-state index in [-0.39, 0.29) is 22.7 Å². The Bertz CT molecular complexity index is 1460. The van der Waals surface area contributed by atoms with Crippen molar-refractivity contribution in [2.24, 2.45) is 4.99 Å². The minimum absolute atomic E-state index is 0.113. The fraction of sp³-hybridized carbons (Fsp3) is 0.120. The standard InChI is InChI=1S/C25H22N4O4/c1-15-10-11-20(12-16(15)2)29-25(33)28(17(3)27-29)14-26-22-9-5-8-21(23(22)30)18-6-4-7-19(13-18)24(31)32/h4-14,30H,1-3H3,(H,31,32). The molecule has 0 saturated heterocycles. The van der Waals surface area contributed by atoms with Crippen molar-refractivity contribution in [3.8, 4) is 22.6 Å². The van der Waals surface area contributed by atoms with E-state index < -0.39 is 5.97 Å². The number of aromatic carboxylic acids is 1. The van der Waals surface area contributed by atoms with Crippen LogP contribution in [0.1, 0.15) is 27.3 Å². The first-order valence-electron chi connectivity index (χ1n) is 10.2. The molecular weight excluding hydrogens is 420 g/mol. The molecule has 4 rings (SSSR count). The number of nitrogens with zero attached hydrogens (tertiary/aromatic N) is 4. The summed E-state index contributed by atoms with van der Waals surface area (Å²) in [5.74, 6) is -0.739. The molecule has 0 aliphatic heterocycles. The fourth-order valence-electron chi connectivity index (χ4n) is 3.44. The van der Waals surface area contributed by atoms with Gasteiger partial charge in [-0.2, -0.15) is 4.68 Å².